The third-order valence-corrected chi connectivity index (χ3v) is 7.59. The predicted octanol–water partition coefficient (Wildman–Crippen LogP) is -1.03. The van der Waals surface area contributed by atoms with E-state index >= 15 is 0 Å². The highest BCUT2D eigenvalue weighted by atomic mass is 16.8. The topological polar surface area (TPSA) is 159 Å². The Morgan fingerprint density at radius 3 is 2.38 bits per heavy atom. The fraction of sp³-hybridized carbons (Fsp3) is 0.692. The Morgan fingerprint density at radius 2 is 1.70 bits per heavy atom. The van der Waals surface area contributed by atoms with Gasteiger partial charge in [0.15, 0.2) is 0 Å². The van der Waals surface area contributed by atoms with Crippen LogP contribution in [0.15, 0.2) is 30.3 Å². The second-order valence-electron chi connectivity index (χ2n) is 10.2. The zero-order valence-corrected chi connectivity index (χ0v) is 21.5. The molecule has 10 atom stereocenters. The number of fused-ring (bicyclic) bond motifs is 2. The van der Waals surface area contributed by atoms with Crippen molar-refractivity contribution in [2.45, 2.75) is 99.8 Å². The Balaban J connectivity index is 1.39. The van der Waals surface area contributed by atoms with E-state index in [9.17, 15) is 24.9 Å². The van der Waals surface area contributed by atoms with Crippen molar-refractivity contribution in [3.63, 3.8) is 0 Å². The van der Waals surface area contributed by atoms with Crippen LogP contribution in [-0.2, 0) is 30.2 Å². The quantitative estimate of drug-likeness (QED) is 0.237. The number of aliphatic hydroxyl groups excluding tert-OH is 2. The molecule has 6 N–H and O–H groups in total. The molecule has 0 spiro atoms. The van der Waals surface area contributed by atoms with Crippen LogP contribution in [0.5, 0.6) is 0 Å². The van der Waals surface area contributed by atoms with Gasteiger partial charge < -0.3 is 45.5 Å². The van der Waals surface area contributed by atoms with Crippen LogP contribution in [0.3, 0.4) is 0 Å². The maximum atomic E-state index is 12.8. The molecule has 11 nitrogen and oxygen atoms in total. The Kier molecular flexibility index (Phi) is 8.97. The van der Waals surface area contributed by atoms with Crippen LogP contribution in [-0.4, -0.2) is 102 Å². The molecule has 1 amide bonds. The van der Waals surface area contributed by atoms with Gasteiger partial charge in [0.2, 0.25) is 18.0 Å². The summed E-state index contributed by atoms with van der Waals surface area (Å²) >= 11 is 0. The first-order chi connectivity index (χ1) is 17.7. The summed E-state index contributed by atoms with van der Waals surface area (Å²) in [6.45, 7) is 1.80. The second-order valence-corrected chi connectivity index (χ2v) is 10.2. The van der Waals surface area contributed by atoms with Gasteiger partial charge in [0.1, 0.15) is 24.1 Å². The third-order valence-electron chi connectivity index (χ3n) is 7.59. The van der Waals surface area contributed by atoms with Crippen LogP contribution in [0.4, 0.5) is 0 Å². The van der Waals surface area contributed by atoms with Crippen LogP contribution < -0.4 is 16.0 Å². The highest BCUT2D eigenvalue weighted by molar-refractivity contribution is 5.82. The predicted molar refractivity (Wildman–Crippen MR) is 132 cm³/mol. The summed E-state index contributed by atoms with van der Waals surface area (Å²) in [7, 11) is 3.27. The van der Waals surface area contributed by atoms with Crippen molar-refractivity contribution in [2.75, 3.05) is 14.1 Å². The molecule has 3 aliphatic rings. The summed E-state index contributed by atoms with van der Waals surface area (Å²) in [5.74, 6) is -2.30. The average Bonchev–Trinajstić information content (AvgIpc) is 2.85. The van der Waals surface area contributed by atoms with E-state index in [2.05, 4.69) is 16.0 Å². The van der Waals surface area contributed by atoms with E-state index in [4.69, 9.17) is 14.2 Å². The summed E-state index contributed by atoms with van der Waals surface area (Å²) in [5, 5.41) is 42.0. The van der Waals surface area contributed by atoms with Gasteiger partial charge in [-0.1, -0.05) is 30.3 Å². The lowest BCUT2D eigenvalue weighted by Crippen LogP contribution is -2.79. The Morgan fingerprint density at radius 1 is 1.00 bits per heavy atom. The standard InChI is InChI=1S/C26H39N3O8/c1-14-12-17(29-18(31)11-7-10-16(30)13-15-8-5-4-6-9-15)26(34)25(35-14)36-24-22(33)19(27-2)21(32)20(28-3)23(24)37-26/h4-6,8-9,14,17,19-25,27-28,32-34H,7,10-13H2,1-3H3,(H,29,31)/t14-,17-,19-,20+,21+,22+,23?,24?,25?,26+/m1/s1. The van der Waals surface area contributed by atoms with Gasteiger partial charge in [-0.3, -0.25) is 9.59 Å². The molecular weight excluding hydrogens is 482 g/mol. The average molecular weight is 522 g/mol. The number of benzene rings is 1. The molecule has 2 heterocycles. The first kappa shape index (κ1) is 28.1. The monoisotopic (exact) mass is 521 g/mol. The van der Waals surface area contributed by atoms with Gasteiger partial charge in [-0.05, 0) is 39.4 Å². The fourth-order valence-electron chi connectivity index (χ4n) is 5.64. The summed E-state index contributed by atoms with van der Waals surface area (Å²) in [4.78, 5) is 25.1. The van der Waals surface area contributed by atoms with Crippen molar-refractivity contribution in [2.24, 2.45) is 0 Å². The van der Waals surface area contributed by atoms with Crippen molar-refractivity contribution in [1.82, 2.24) is 16.0 Å². The van der Waals surface area contributed by atoms with Crippen molar-refractivity contribution in [3.8, 4) is 0 Å². The Labute approximate surface area is 216 Å². The maximum absolute atomic E-state index is 12.8. The molecule has 37 heavy (non-hydrogen) atoms. The molecule has 4 rings (SSSR count). The molecule has 1 aromatic carbocycles. The van der Waals surface area contributed by atoms with Crippen molar-refractivity contribution in [1.29, 1.82) is 0 Å². The third kappa shape index (κ3) is 5.89. The number of Topliss-reactive ketones (excluding diaryl/α,β-unsaturated/α-hetero) is 1. The van der Waals surface area contributed by atoms with Gasteiger partial charge >= 0.3 is 0 Å². The molecule has 11 heteroatoms. The molecule has 2 aliphatic heterocycles. The van der Waals surface area contributed by atoms with Crippen molar-refractivity contribution >= 4 is 11.7 Å². The number of ketones is 1. The van der Waals surface area contributed by atoms with E-state index in [1.807, 2.05) is 30.3 Å². The van der Waals surface area contributed by atoms with E-state index in [0.29, 0.717) is 12.8 Å². The summed E-state index contributed by atoms with van der Waals surface area (Å²) in [5.41, 5.74) is 0.938. The number of carbonyl (C=O) groups is 2. The van der Waals surface area contributed by atoms with E-state index in [0.717, 1.165) is 5.56 Å². The van der Waals surface area contributed by atoms with E-state index in [1.165, 1.54) is 0 Å². The van der Waals surface area contributed by atoms with Gasteiger partial charge in [0, 0.05) is 19.3 Å². The summed E-state index contributed by atoms with van der Waals surface area (Å²) in [6.07, 6.45) is -4.21. The van der Waals surface area contributed by atoms with Crippen molar-refractivity contribution in [3.05, 3.63) is 35.9 Å². The van der Waals surface area contributed by atoms with Gasteiger partial charge in [0.25, 0.3) is 0 Å². The molecule has 0 aromatic heterocycles. The van der Waals surface area contributed by atoms with E-state index in [1.54, 1.807) is 21.0 Å². The minimum absolute atomic E-state index is 0.0554. The van der Waals surface area contributed by atoms with Crippen LogP contribution in [0.25, 0.3) is 0 Å². The lowest BCUT2D eigenvalue weighted by Gasteiger charge is -2.58. The van der Waals surface area contributed by atoms with E-state index < -0.39 is 54.6 Å². The van der Waals surface area contributed by atoms with Crippen LogP contribution in [0.1, 0.15) is 38.2 Å². The Bertz CT molecular complexity index is 936. The number of amides is 1. The SMILES string of the molecule is CN[C@@H]1[C@H](O)[C@H](NC)C2O[C@]3(O)C(OC2[C@H]1O)O[C@H](C)C[C@H]3NC(=O)CCCC(=O)Cc1ccccc1. The molecule has 1 aliphatic carbocycles. The Hall–Kier alpha value is -1.96. The second kappa shape index (κ2) is 11.8. The maximum Gasteiger partial charge on any atom is 0.239 e. The number of rotatable bonds is 9. The molecule has 3 fully saturated rings. The van der Waals surface area contributed by atoms with Crippen LogP contribution >= 0.6 is 0 Å². The number of carbonyl (C=O) groups excluding carboxylic acids is 2. The molecule has 2 saturated heterocycles. The summed E-state index contributed by atoms with van der Waals surface area (Å²) < 4.78 is 18.0. The first-order valence-corrected chi connectivity index (χ1v) is 12.9. The number of nitrogens with one attached hydrogen (secondary N) is 3. The zero-order chi connectivity index (χ0) is 26.7. The number of ether oxygens (including phenoxy) is 3. The molecular formula is C26H39N3O8. The highest BCUT2D eigenvalue weighted by Gasteiger charge is 2.63. The number of likely N-dealkylation sites (N-methyl/N-ethyl adjacent to an activating group) is 2. The minimum atomic E-state index is -2.03. The number of hydrogen-bond acceptors (Lipinski definition) is 10. The minimum Gasteiger partial charge on any atom is -0.390 e. The fourth-order valence-corrected chi connectivity index (χ4v) is 5.64. The lowest BCUT2D eigenvalue weighted by molar-refractivity contribution is -0.449. The normalized spacial score (nSPS) is 39.4. The van der Waals surface area contributed by atoms with Crippen molar-refractivity contribution < 1.29 is 39.1 Å². The highest BCUT2D eigenvalue weighted by Crippen LogP contribution is 2.42. The molecule has 3 unspecified atom stereocenters. The van der Waals surface area contributed by atoms with Gasteiger partial charge in [-0.25, -0.2) is 0 Å². The zero-order valence-electron chi connectivity index (χ0n) is 21.5. The summed E-state index contributed by atoms with van der Waals surface area (Å²) in [6, 6.07) is 7.24. The molecule has 0 bridgehead atoms. The van der Waals surface area contributed by atoms with Gasteiger partial charge in [-0.2, -0.15) is 0 Å². The molecule has 206 valence electrons. The van der Waals surface area contributed by atoms with Crippen LogP contribution in [0, 0.1) is 0 Å². The lowest BCUT2D eigenvalue weighted by atomic mass is 9.79. The molecule has 1 aromatic rings. The van der Waals surface area contributed by atoms with E-state index in [-0.39, 0.29) is 37.1 Å². The van der Waals surface area contributed by atoms with Gasteiger partial charge in [-0.15, -0.1) is 0 Å². The first-order valence-electron chi connectivity index (χ1n) is 12.9. The smallest absolute Gasteiger partial charge is 0.239 e. The van der Waals surface area contributed by atoms with Crippen LogP contribution in [0.2, 0.25) is 0 Å². The largest absolute Gasteiger partial charge is 0.390 e. The van der Waals surface area contributed by atoms with Gasteiger partial charge in [0.05, 0.1) is 30.3 Å². The molecule has 1 saturated carbocycles. The number of hydrogen-bond donors (Lipinski definition) is 6. The molecule has 0 radical (unpaired) electrons. The number of aliphatic hydroxyl groups is 3.